The molecule has 2 saturated heterocycles. The van der Waals surface area contributed by atoms with Gasteiger partial charge in [0.1, 0.15) is 12.4 Å². The van der Waals surface area contributed by atoms with Crippen molar-refractivity contribution < 1.29 is 23.5 Å². The van der Waals surface area contributed by atoms with Crippen molar-refractivity contribution in [1.82, 2.24) is 14.7 Å². The van der Waals surface area contributed by atoms with Crippen molar-refractivity contribution >= 4 is 17.5 Å². The van der Waals surface area contributed by atoms with Gasteiger partial charge in [0.15, 0.2) is 11.5 Å². The van der Waals surface area contributed by atoms with Crippen molar-refractivity contribution in [2.24, 2.45) is 0 Å². The summed E-state index contributed by atoms with van der Waals surface area (Å²) in [6.45, 7) is 5.28. The van der Waals surface area contributed by atoms with E-state index in [2.05, 4.69) is 4.90 Å². The summed E-state index contributed by atoms with van der Waals surface area (Å²) in [7, 11) is 0. The van der Waals surface area contributed by atoms with E-state index >= 15 is 0 Å². The van der Waals surface area contributed by atoms with Crippen LogP contribution in [0.25, 0.3) is 0 Å². The van der Waals surface area contributed by atoms with Gasteiger partial charge >= 0.3 is 0 Å². The molecule has 2 aromatic carbocycles. The van der Waals surface area contributed by atoms with Crippen molar-refractivity contribution in [3.8, 4) is 11.5 Å². The highest BCUT2D eigenvalue weighted by Gasteiger charge is 2.33. The van der Waals surface area contributed by atoms with E-state index in [4.69, 9.17) is 9.47 Å². The molecule has 3 aliphatic rings. The van der Waals surface area contributed by atoms with Crippen LogP contribution in [0.2, 0.25) is 0 Å². The highest BCUT2D eigenvalue weighted by molar-refractivity contribution is 5.82. The van der Waals surface area contributed by atoms with E-state index in [1.807, 2.05) is 34.1 Å². The van der Waals surface area contributed by atoms with Crippen LogP contribution in [0.4, 0.5) is 10.1 Å². The van der Waals surface area contributed by atoms with Crippen molar-refractivity contribution in [1.29, 1.82) is 0 Å². The fourth-order valence-electron chi connectivity index (χ4n) is 4.67. The number of anilines is 1. The van der Waals surface area contributed by atoms with Crippen molar-refractivity contribution in [3.63, 3.8) is 0 Å². The Kier molecular flexibility index (Phi) is 6.53. The predicted molar refractivity (Wildman–Crippen MR) is 125 cm³/mol. The predicted octanol–water partition coefficient (Wildman–Crippen LogP) is 1.46. The number of benzene rings is 2. The van der Waals surface area contributed by atoms with Crippen LogP contribution >= 0.6 is 0 Å². The Hall–Kier alpha value is -3.33. The van der Waals surface area contributed by atoms with Gasteiger partial charge in [-0.2, -0.15) is 0 Å². The van der Waals surface area contributed by atoms with E-state index in [1.165, 1.54) is 6.07 Å². The van der Waals surface area contributed by atoms with Crippen LogP contribution in [-0.2, 0) is 9.59 Å². The number of halogens is 1. The quantitative estimate of drug-likeness (QED) is 0.677. The van der Waals surface area contributed by atoms with Gasteiger partial charge in [-0.3, -0.25) is 14.5 Å². The number of amides is 2. The SMILES string of the molecule is O=C(CN1CCN(C(=O)C2COc3ccccc3O2)CC1)N1CCN(c2ccccc2F)CC1. The molecule has 0 aromatic heterocycles. The van der Waals surface area contributed by atoms with E-state index in [0.29, 0.717) is 76.1 Å². The molecule has 2 aromatic rings. The van der Waals surface area contributed by atoms with E-state index in [1.54, 1.807) is 23.1 Å². The molecule has 8 nitrogen and oxygen atoms in total. The molecular weight excluding hydrogens is 439 g/mol. The standard InChI is InChI=1S/C25H29FN4O4/c26-19-5-1-2-6-20(19)28-13-15-29(16-14-28)24(31)17-27-9-11-30(12-10-27)25(32)23-18-33-21-7-3-4-8-22(21)34-23/h1-8,23H,9-18H2. The number of hydrogen-bond donors (Lipinski definition) is 0. The molecule has 1 unspecified atom stereocenters. The second-order valence-electron chi connectivity index (χ2n) is 8.78. The summed E-state index contributed by atoms with van der Waals surface area (Å²) in [5.41, 5.74) is 0.589. The van der Waals surface area contributed by atoms with Crippen LogP contribution in [0.3, 0.4) is 0 Å². The lowest BCUT2D eigenvalue weighted by molar-refractivity contribution is -0.143. The first kappa shape index (κ1) is 22.5. The Balaban J connectivity index is 1.06. The van der Waals surface area contributed by atoms with Gasteiger partial charge in [-0.15, -0.1) is 0 Å². The van der Waals surface area contributed by atoms with E-state index < -0.39 is 6.10 Å². The Bertz CT molecular complexity index is 1040. The molecule has 3 heterocycles. The molecule has 0 aliphatic carbocycles. The molecule has 34 heavy (non-hydrogen) atoms. The summed E-state index contributed by atoms with van der Waals surface area (Å²) in [6, 6.07) is 14.1. The average molecular weight is 469 g/mol. The summed E-state index contributed by atoms with van der Waals surface area (Å²) >= 11 is 0. The number of ether oxygens (including phenoxy) is 2. The van der Waals surface area contributed by atoms with Gasteiger partial charge < -0.3 is 24.2 Å². The Morgan fingerprint density at radius 1 is 0.824 bits per heavy atom. The summed E-state index contributed by atoms with van der Waals surface area (Å²) in [5.74, 6) is 1.01. The smallest absolute Gasteiger partial charge is 0.267 e. The Morgan fingerprint density at radius 2 is 1.47 bits per heavy atom. The fraction of sp³-hybridized carbons (Fsp3) is 0.440. The third-order valence-electron chi connectivity index (χ3n) is 6.65. The van der Waals surface area contributed by atoms with Crippen LogP contribution in [0.15, 0.2) is 48.5 Å². The number of carbonyl (C=O) groups excluding carboxylic acids is 2. The maximum absolute atomic E-state index is 14.0. The number of hydrogen-bond acceptors (Lipinski definition) is 6. The Morgan fingerprint density at radius 3 is 2.21 bits per heavy atom. The monoisotopic (exact) mass is 468 g/mol. The Labute approximate surface area is 198 Å². The minimum atomic E-state index is -0.645. The number of nitrogens with zero attached hydrogens (tertiary/aromatic N) is 4. The maximum Gasteiger partial charge on any atom is 0.267 e. The number of piperazine rings is 2. The molecule has 0 radical (unpaired) electrons. The van der Waals surface area contributed by atoms with Gasteiger partial charge in [0.05, 0.1) is 12.2 Å². The zero-order chi connectivity index (χ0) is 23.5. The zero-order valence-corrected chi connectivity index (χ0v) is 19.1. The van der Waals surface area contributed by atoms with E-state index in [9.17, 15) is 14.0 Å². The van der Waals surface area contributed by atoms with Crippen LogP contribution in [0.5, 0.6) is 11.5 Å². The van der Waals surface area contributed by atoms with Crippen LogP contribution < -0.4 is 14.4 Å². The highest BCUT2D eigenvalue weighted by atomic mass is 19.1. The molecule has 2 fully saturated rings. The molecule has 2 amide bonds. The second-order valence-corrected chi connectivity index (χ2v) is 8.78. The largest absolute Gasteiger partial charge is 0.485 e. The topological polar surface area (TPSA) is 65.6 Å². The first-order chi connectivity index (χ1) is 16.6. The van der Waals surface area contributed by atoms with Gasteiger partial charge in [-0.1, -0.05) is 24.3 Å². The van der Waals surface area contributed by atoms with Gasteiger partial charge in [-0.25, -0.2) is 4.39 Å². The minimum absolute atomic E-state index is 0.0774. The van der Waals surface area contributed by atoms with Gasteiger partial charge in [0, 0.05) is 52.4 Å². The lowest BCUT2D eigenvalue weighted by Gasteiger charge is -2.39. The molecule has 5 rings (SSSR count). The first-order valence-corrected chi connectivity index (χ1v) is 11.8. The molecule has 180 valence electrons. The highest BCUT2D eigenvalue weighted by Crippen LogP contribution is 2.31. The molecule has 0 spiro atoms. The van der Waals surface area contributed by atoms with Crippen LogP contribution in [0, 0.1) is 5.82 Å². The fourth-order valence-corrected chi connectivity index (χ4v) is 4.67. The number of para-hydroxylation sites is 3. The molecular formula is C25H29FN4O4. The molecule has 0 N–H and O–H groups in total. The number of carbonyl (C=O) groups is 2. The lowest BCUT2D eigenvalue weighted by atomic mass is 10.2. The molecule has 0 saturated carbocycles. The number of fused-ring (bicyclic) bond motifs is 1. The third-order valence-corrected chi connectivity index (χ3v) is 6.65. The molecule has 1 atom stereocenters. The first-order valence-electron chi connectivity index (χ1n) is 11.8. The number of rotatable bonds is 4. The summed E-state index contributed by atoms with van der Waals surface area (Å²) < 4.78 is 25.6. The summed E-state index contributed by atoms with van der Waals surface area (Å²) in [4.78, 5) is 33.4. The van der Waals surface area contributed by atoms with E-state index in [-0.39, 0.29) is 24.2 Å². The maximum atomic E-state index is 14.0. The molecule has 3 aliphatic heterocycles. The summed E-state index contributed by atoms with van der Waals surface area (Å²) in [6.07, 6.45) is -0.645. The van der Waals surface area contributed by atoms with E-state index in [0.717, 1.165) is 0 Å². The van der Waals surface area contributed by atoms with Crippen molar-refractivity contribution in [2.45, 2.75) is 6.10 Å². The normalized spacial score (nSPS) is 20.9. The van der Waals surface area contributed by atoms with Gasteiger partial charge in [-0.05, 0) is 24.3 Å². The van der Waals surface area contributed by atoms with Crippen LogP contribution in [-0.4, -0.2) is 98.1 Å². The second kappa shape index (κ2) is 9.89. The van der Waals surface area contributed by atoms with Crippen LogP contribution in [0.1, 0.15) is 0 Å². The average Bonchev–Trinajstić information content (AvgIpc) is 2.89. The van der Waals surface area contributed by atoms with Crippen molar-refractivity contribution in [2.75, 3.05) is 70.4 Å². The lowest BCUT2D eigenvalue weighted by Crippen LogP contribution is -2.56. The minimum Gasteiger partial charge on any atom is -0.485 e. The van der Waals surface area contributed by atoms with Gasteiger partial charge in [0.25, 0.3) is 5.91 Å². The third kappa shape index (κ3) is 4.79. The molecule has 0 bridgehead atoms. The van der Waals surface area contributed by atoms with Gasteiger partial charge in [0.2, 0.25) is 12.0 Å². The summed E-state index contributed by atoms with van der Waals surface area (Å²) in [5, 5.41) is 0. The van der Waals surface area contributed by atoms with Crippen molar-refractivity contribution in [3.05, 3.63) is 54.3 Å². The zero-order valence-electron chi connectivity index (χ0n) is 19.1. The molecule has 9 heteroatoms.